The zero-order valence-electron chi connectivity index (χ0n) is 7.11. The molecule has 0 aliphatic rings. The molecule has 0 atom stereocenters. The summed E-state index contributed by atoms with van der Waals surface area (Å²) in [5.74, 6) is 2.71. The quantitative estimate of drug-likeness (QED) is 0.644. The van der Waals surface area contributed by atoms with Crippen LogP contribution in [0.15, 0.2) is 12.1 Å². The highest BCUT2D eigenvalue weighted by atomic mass is 16.4. The molecule has 14 heavy (non-hydrogen) atoms. The molecule has 0 radical (unpaired) electrons. The lowest BCUT2D eigenvalue weighted by Gasteiger charge is -2.03. The maximum atomic E-state index is 10.7. The Morgan fingerprint density at radius 2 is 1.93 bits per heavy atom. The van der Waals surface area contributed by atoms with Crippen LogP contribution in [0.4, 0.5) is 0 Å². The third kappa shape index (κ3) is 1.53. The molecule has 0 heterocycles. The number of carboxylic acid groups (broad SMARTS) is 1. The molecule has 0 bridgehead atoms. The predicted octanol–water partition coefficient (Wildman–Crippen LogP) is 1.05. The Morgan fingerprint density at radius 3 is 2.36 bits per heavy atom. The number of hydrogen-bond acceptors (Lipinski definition) is 2. The number of hydrogen-bond donors (Lipinski definition) is 2. The Balaban J connectivity index is 3.54. The maximum absolute atomic E-state index is 10.7. The lowest BCUT2D eigenvalue weighted by Crippen LogP contribution is -1.99. The Kier molecular flexibility index (Phi) is 2.46. The third-order valence-electron chi connectivity index (χ3n) is 1.66. The number of aromatic carboxylic acids is 1. The predicted molar refractivity (Wildman–Crippen MR) is 50.9 cm³/mol. The van der Waals surface area contributed by atoms with E-state index in [-0.39, 0.29) is 11.1 Å². The molecule has 0 aliphatic heterocycles. The molecule has 0 spiro atoms. The molecule has 0 saturated heterocycles. The number of phenols is 1. The summed E-state index contributed by atoms with van der Waals surface area (Å²) in [6.45, 7) is 0. The highest BCUT2D eigenvalue weighted by Crippen LogP contribution is 2.23. The summed E-state index contributed by atoms with van der Waals surface area (Å²) in [6, 6.07) is 2.57. The summed E-state index contributed by atoms with van der Waals surface area (Å²) < 4.78 is 0. The number of carboxylic acids is 1. The topological polar surface area (TPSA) is 57.5 Å². The van der Waals surface area contributed by atoms with Crippen LogP contribution in [0.2, 0.25) is 0 Å². The van der Waals surface area contributed by atoms with E-state index < -0.39 is 11.7 Å². The summed E-state index contributed by atoms with van der Waals surface area (Å²) in [7, 11) is 0. The molecule has 1 aromatic carbocycles. The van der Waals surface area contributed by atoms with Gasteiger partial charge in [-0.05, 0) is 12.1 Å². The fraction of sp³-hybridized carbons (Fsp3) is 0. The fourth-order valence-electron chi connectivity index (χ4n) is 0.991. The van der Waals surface area contributed by atoms with Crippen LogP contribution in [0.5, 0.6) is 5.75 Å². The average molecular weight is 186 g/mol. The standard InChI is InChI=1S/C11H6O3/c1-3-7-5-8(4-2)10(12)9(6-7)11(13)14/h1-2,5-6,12H,(H,13,14). The van der Waals surface area contributed by atoms with Gasteiger partial charge in [0.1, 0.15) is 11.3 Å². The van der Waals surface area contributed by atoms with Crippen molar-refractivity contribution in [2.75, 3.05) is 0 Å². The Bertz CT molecular complexity index is 473. The van der Waals surface area contributed by atoms with Gasteiger partial charge in [0.25, 0.3) is 0 Å². The van der Waals surface area contributed by atoms with Crippen LogP contribution in [0.3, 0.4) is 0 Å². The van der Waals surface area contributed by atoms with Gasteiger partial charge in [0, 0.05) is 5.56 Å². The molecule has 0 unspecified atom stereocenters. The highest BCUT2D eigenvalue weighted by molar-refractivity contribution is 5.92. The van der Waals surface area contributed by atoms with Gasteiger partial charge in [0.2, 0.25) is 0 Å². The second-order valence-corrected chi connectivity index (χ2v) is 2.51. The van der Waals surface area contributed by atoms with Gasteiger partial charge in [0.15, 0.2) is 0 Å². The van der Waals surface area contributed by atoms with Gasteiger partial charge in [-0.3, -0.25) is 0 Å². The summed E-state index contributed by atoms with van der Waals surface area (Å²) in [5.41, 5.74) is 0.124. The highest BCUT2D eigenvalue weighted by Gasteiger charge is 2.13. The molecule has 3 nitrogen and oxygen atoms in total. The van der Waals surface area contributed by atoms with Crippen LogP contribution < -0.4 is 0 Å². The van der Waals surface area contributed by atoms with Gasteiger partial charge in [-0.2, -0.15) is 0 Å². The summed E-state index contributed by atoms with van der Waals surface area (Å²) in [4.78, 5) is 10.7. The number of rotatable bonds is 1. The van der Waals surface area contributed by atoms with Gasteiger partial charge < -0.3 is 10.2 Å². The molecule has 3 heteroatoms. The van der Waals surface area contributed by atoms with Crippen LogP contribution >= 0.6 is 0 Å². The van der Waals surface area contributed by atoms with Crippen molar-refractivity contribution in [2.24, 2.45) is 0 Å². The van der Waals surface area contributed by atoms with E-state index in [0.29, 0.717) is 5.56 Å². The van der Waals surface area contributed by atoms with Crippen LogP contribution in [-0.4, -0.2) is 16.2 Å². The molecule has 1 rings (SSSR count). The van der Waals surface area contributed by atoms with E-state index in [1.165, 1.54) is 12.1 Å². The molecule has 68 valence electrons. The summed E-state index contributed by atoms with van der Waals surface area (Å²) in [5, 5.41) is 18.1. The normalized spacial score (nSPS) is 8.71. The molecule has 0 aliphatic carbocycles. The molecule has 0 aromatic heterocycles. The van der Waals surface area contributed by atoms with Gasteiger partial charge in [0.05, 0.1) is 5.56 Å². The van der Waals surface area contributed by atoms with Crippen LogP contribution in [0.25, 0.3) is 0 Å². The first-order valence-electron chi connectivity index (χ1n) is 3.63. The summed E-state index contributed by atoms with van der Waals surface area (Å²) >= 11 is 0. The molecular weight excluding hydrogens is 180 g/mol. The minimum atomic E-state index is -1.27. The first-order chi connectivity index (χ1) is 6.60. The molecule has 2 N–H and O–H groups in total. The van der Waals surface area contributed by atoms with E-state index in [2.05, 4.69) is 11.8 Å². The second kappa shape index (κ2) is 3.55. The number of benzene rings is 1. The van der Waals surface area contributed by atoms with Gasteiger partial charge >= 0.3 is 5.97 Å². The van der Waals surface area contributed by atoms with Crippen molar-refractivity contribution in [1.82, 2.24) is 0 Å². The van der Waals surface area contributed by atoms with E-state index in [1.54, 1.807) is 0 Å². The van der Waals surface area contributed by atoms with Gasteiger partial charge in [-0.15, -0.1) is 12.8 Å². The third-order valence-corrected chi connectivity index (χ3v) is 1.66. The van der Waals surface area contributed by atoms with Gasteiger partial charge in [-0.25, -0.2) is 4.79 Å². The van der Waals surface area contributed by atoms with E-state index in [0.717, 1.165) is 0 Å². The first-order valence-corrected chi connectivity index (χ1v) is 3.63. The average Bonchev–Trinajstić information content (AvgIpc) is 2.17. The van der Waals surface area contributed by atoms with Crippen LogP contribution in [0.1, 0.15) is 21.5 Å². The lowest BCUT2D eigenvalue weighted by atomic mass is 10.0. The van der Waals surface area contributed by atoms with Crippen molar-refractivity contribution in [3.05, 3.63) is 28.8 Å². The van der Waals surface area contributed by atoms with Crippen molar-refractivity contribution in [2.45, 2.75) is 0 Å². The number of terminal acetylenes is 2. The van der Waals surface area contributed by atoms with Crippen LogP contribution in [0, 0.1) is 24.7 Å². The largest absolute Gasteiger partial charge is 0.506 e. The Morgan fingerprint density at radius 1 is 1.29 bits per heavy atom. The van der Waals surface area contributed by atoms with Gasteiger partial charge in [-0.1, -0.05) is 11.8 Å². The van der Waals surface area contributed by atoms with Crippen molar-refractivity contribution in [3.63, 3.8) is 0 Å². The SMILES string of the molecule is C#Cc1cc(C#C)c(O)c(C(=O)O)c1. The molecular formula is C11H6O3. The number of aromatic hydroxyl groups is 1. The zero-order chi connectivity index (χ0) is 10.7. The minimum absolute atomic E-state index is 0.0813. The summed E-state index contributed by atoms with van der Waals surface area (Å²) in [6.07, 6.45) is 10.2. The van der Waals surface area contributed by atoms with Crippen molar-refractivity contribution >= 4 is 5.97 Å². The molecule has 0 saturated carbocycles. The minimum Gasteiger partial charge on any atom is -0.506 e. The monoisotopic (exact) mass is 186 g/mol. The van der Waals surface area contributed by atoms with Crippen LogP contribution in [-0.2, 0) is 0 Å². The van der Waals surface area contributed by atoms with Crippen molar-refractivity contribution in [3.8, 4) is 30.4 Å². The smallest absolute Gasteiger partial charge is 0.339 e. The number of carbonyl (C=O) groups is 1. The molecule has 0 amide bonds. The fourth-order valence-corrected chi connectivity index (χ4v) is 0.991. The van der Waals surface area contributed by atoms with Crippen molar-refractivity contribution in [1.29, 1.82) is 0 Å². The van der Waals surface area contributed by atoms with E-state index >= 15 is 0 Å². The van der Waals surface area contributed by atoms with E-state index in [1.807, 2.05) is 0 Å². The van der Waals surface area contributed by atoms with E-state index in [4.69, 9.17) is 18.0 Å². The first kappa shape index (κ1) is 9.70. The molecule has 0 fully saturated rings. The lowest BCUT2D eigenvalue weighted by molar-refractivity contribution is 0.0693. The van der Waals surface area contributed by atoms with E-state index in [9.17, 15) is 9.90 Å². The Hall–Kier alpha value is -2.39. The Labute approximate surface area is 81.0 Å². The zero-order valence-corrected chi connectivity index (χ0v) is 7.11. The maximum Gasteiger partial charge on any atom is 0.339 e. The second-order valence-electron chi connectivity index (χ2n) is 2.51. The van der Waals surface area contributed by atoms with Crippen molar-refractivity contribution < 1.29 is 15.0 Å². The molecule has 1 aromatic rings.